The minimum atomic E-state index is -1.78. The van der Waals surface area contributed by atoms with Crippen LogP contribution >= 0.6 is 15.9 Å². The van der Waals surface area contributed by atoms with E-state index >= 15 is 0 Å². The summed E-state index contributed by atoms with van der Waals surface area (Å²) in [5.41, 5.74) is 2.32. The van der Waals surface area contributed by atoms with Gasteiger partial charge in [-0.3, -0.25) is 0 Å². The molecule has 0 fully saturated rings. The van der Waals surface area contributed by atoms with E-state index in [1.165, 1.54) is 6.92 Å². The van der Waals surface area contributed by atoms with Gasteiger partial charge in [-0.05, 0) is 39.7 Å². The normalized spacial score (nSPS) is 21.4. The summed E-state index contributed by atoms with van der Waals surface area (Å²) in [6.45, 7) is 1.43. The van der Waals surface area contributed by atoms with E-state index < -0.39 is 5.85 Å². The monoisotopic (exact) mass is 333 g/mol. The van der Waals surface area contributed by atoms with Crippen LogP contribution in [0.3, 0.4) is 0 Å². The van der Waals surface area contributed by atoms with Gasteiger partial charge in [0.1, 0.15) is 0 Å². The van der Waals surface area contributed by atoms with E-state index in [0.29, 0.717) is 5.90 Å². The second-order valence-electron chi connectivity index (χ2n) is 4.91. The summed E-state index contributed by atoms with van der Waals surface area (Å²) in [5, 5.41) is 0. The predicted octanol–water partition coefficient (Wildman–Crippen LogP) is 4.79. The van der Waals surface area contributed by atoms with Gasteiger partial charge >= 0.3 is 0 Å². The zero-order valence-corrected chi connectivity index (χ0v) is 12.5. The highest BCUT2D eigenvalue weighted by molar-refractivity contribution is 9.10. The SMILES string of the molecule is C[C@]1(F)Cc2cccc(Br)c2N=C(c2ccccc2)O1. The Bertz CT molecular complexity index is 667. The van der Waals surface area contributed by atoms with Crippen LogP contribution in [0.5, 0.6) is 0 Å². The molecule has 0 amide bonds. The summed E-state index contributed by atoms with van der Waals surface area (Å²) >= 11 is 3.47. The number of alkyl halides is 1. The molecule has 0 radical (unpaired) electrons. The van der Waals surface area contributed by atoms with E-state index in [-0.39, 0.29) is 6.42 Å². The molecule has 1 aliphatic heterocycles. The number of rotatable bonds is 1. The third-order valence-corrected chi connectivity index (χ3v) is 3.76. The first-order valence-corrected chi connectivity index (χ1v) is 7.14. The van der Waals surface area contributed by atoms with Crippen molar-refractivity contribution in [2.24, 2.45) is 4.99 Å². The van der Waals surface area contributed by atoms with Crippen LogP contribution in [0, 0.1) is 0 Å². The van der Waals surface area contributed by atoms with Crippen LogP contribution in [0.1, 0.15) is 18.1 Å². The van der Waals surface area contributed by atoms with Gasteiger partial charge in [-0.1, -0.05) is 30.3 Å². The highest BCUT2D eigenvalue weighted by atomic mass is 79.9. The number of ether oxygens (including phenoxy) is 1. The van der Waals surface area contributed by atoms with E-state index in [9.17, 15) is 4.39 Å². The lowest BCUT2D eigenvalue weighted by Crippen LogP contribution is -2.28. The maximum absolute atomic E-state index is 14.6. The molecule has 0 saturated carbocycles. The maximum Gasteiger partial charge on any atom is 0.251 e. The smallest absolute Gasteiger partial charge is 0.251 e. The van der Waals surface area contributed by atoms with Crippen molar-refractivity contribution in [1.82, 2.24) is 0 Å². The van der Waals surface area contributed by atoms with Gasteiger partial charge in [-0.15, -0.1) is 0 Å². The zero-order chi connectivity index (χ0) is 14.2. The Kier molecular flexibility index (Phi) is 3.34. The molecule has 0 bridgehead atoms. The minimum Gasteiger partial charge on any atom is -0.440 e. The zero-order valence-electron chi connectivity index (χ0n) is 10.9. The topological polar surface area (TPSA) is 21.6 Å². The summed E-state index contributed by atoms with van der Waals surface area (Å²) in [7, 11) is 0. The van der Waals surface area contributed by atoms with E-state index in [0.717, 1.165) is 21.3 Å². The molecule has 4 heteroatoms. The lowest BCUT2D eigenvalue weighted by atomic mass is 10.1. The molecule has 3 rings (SSSR count). The van der Waals surface area contributed by atoms with Crippen LogP contribution in [0.15, 0.2) is 58.0 Å². The highest BCUT2D eigenvalue weighted by Crippen LogP contribution is 2.36. The van der Waals surface area contributed by atoms with Gasteiger partial charge in [0, 0.05) is 23.4 Å². The van der Waals surface area contributed by atoms with Gasteiger partial charge in [0.2, 0.25) is 5.90 Å². The second-order valence-corrected chi connectivity index (χ2v) is 5.77. The predicted molar refractivity (Wildman–Crippen MR) is 81.1 cm³/mol. The average Bonchev–Trinajstić information content (AvgIpc) is 2.55. The number of fused-ring (bicyclic) bond motifs is 1. The van der Waals surface area contributed by atoms with Crippen LogP contribution in [0.4, 0.5) is 10.1 Å². The van der Waals surface area contributed by atoms with E-state index in [1.807, 2.05) is 48.5 Å². The molecule has 1 aliphatic rings. The summed E-state index contributed by atoms with van der Waals surface area (Å²) in [6, 6.07) is 15.0. The van der Waals surface area contributed by atoms with Crippen LogP contribution in [0.25, 0.3) is 0 Å². The fourth-order valence-corrected chi connectivity index (χ4v) is 2.73. The van der Waals surface area contributed by atoms with Crippen molar-refractivity contribution >= 4 is 27.5 Å². The van der Waals surface area contributed by atoms with E-state index in [1.54, 1.807) is 0 Å². The van der Waals surface area contributed by atoms with Crippen molar-refractivity contribution in [3.63, 3.8) is 0 Å². The average molecular weight is 334 g/mol. The second kappa shape index (κ2) is 5.02. The lowest BCUT2D eigenvalue weighted by Gasteiger charge is -2.20. The molecular weight excluding hydrogens is 321 g/mol. The van der Waals surface area contributed by atoms with Gasteiger partial charge in [0.25, 0.3) is 5.85 Å². The van der Waals surface area contributed by atoms with E-state index in [4.69, 9.17) is 4.74 Å². The largest absolute Gasteiger partial charge is 0.440 e. The van der Waals surface area contributed by atoms with E-state index in [2.05, 4.69) is 20.9 Å². The van der Waals surface area contributed by atoms with Crippen LogP contribution in [-0.2, 0) is 11.2 Å². The minimum absolute atomic E-state index is 0.168. The molecule has 1 atom stereocenters. The van der Waals surface area contributed by atoms with Crippen LogP contribution < -0.4 is 0 Å². The third kappa shape index (κ3) is 2.61. The fourth-order valence-electron chi connectivity index (χ4n) is 2.23. The molecule has 0 spiro atoms. The number of para-hydroxylation sites is 1. The number of nitrogens with zero attached hydrogens (tertiary/aromatic N) is 1. The first-order chi connectivity index (χ1) is 9.55. The van der Waals surface area contributed by atoms with Crippen molar-refractivity contribution in [3.8, 4) is 0 Å². The Morgan fingerprint density at radius 3 is 2.65 bits per heavy atom. The maximum atomic E-state index is 14.6. The first kappa shape index (κ1) is 13.3. The first-order valence-electron chi connectivity index (χ1n) is 6.35. The molecule has 2 aromatic carbocycles. The van der Waals surface area contributed by atoms with Gasteiger partial charge in [0.15, 0.2) is 0 Å². The van der Waals surface area contributed by atoms with Gasteiger partial charge in [-0.2, -0.15) is 4.39 Å². The van der Waals surface area contributed by atoms with Crippen molar-refractivity contribution in [2.45, 2.75) is 19.2 Å². The number of hydrogen-bond donors (Lipinski definition) is 0. The summed E-state index contributed by atoms with van der Waals surface area (Å²) < 4.78 is 20.9. The molecule has 0 aliphatic carbocycles. The summed E-state index contributed by atoms with van der Waals surface area (Å²) in [6.07, 6.45) is 0.168. The van der Waals surface area contributed by atoms with Crippen molar-refractivity contribution in [1.29, 1.82) is 0 Å². The van der Waals surface area contributed by atoms with Gasteiger partial charge < -0.3 is 4.74 Å². The van der Waals surface area contributed by atoms with Crippen molar-refractivity contribution in [3.05, 3.63) is 64.1 Å². The fraction of sp³-hybridized carbons (Fsp3) is 0.188. The quantitative estimate of drug-likeness (QED) is 0.735. The number of halogens is 2. The molecule has 2 nitrogen and oxygen atoms in total. The molecule has 102 valence electrons. The lowest BCUT2D eigenvalue weighted by molar-refractivity contribution is -0.0528. The molecule has 0 aromatic heterocycles. The number of hydrogen-bond acceptors (Lipinski definition) is 2. The Morgan fingerprint density at radius 1 is 1.15 bits per heavy atom. The van der Waals surface area contributed by atoms with Crippen molar-refractivity contribution in [2.75, 3.05) is 0 Å². The van der Waals surface area contributed by atoms with Crippen molar-refractivity contribution < 1.29 is 9.13 Å². The summed E-state index contributed by atoms with van der Waals surface area (Å²) in [4.78, 5) is 4.51. The molecular formula is C16H13BrFNO. The molecule has 0 saturated heterocycles. The van der Waals surface area contributed by atoms with Crippen LogP contribution in [-0.4, -0.2) is 11.8 Å². The Labute approximate surface area is 125 Å². The van der Waals surface area contributed by atoms with Gasteiger partial charge in [-0.25, -0.2) is 4.99 Å². The van der Waals surface area contributed by atoms with Crippen LogP contribution in [0.2, 0.25) is 0 Å². The molecule has 1 heterocycles. The molecule has 2 aromatic rings. The summed E-state index contributed by atoms with van der Waals surface area (Å²) in [5.74, 6) is -1.47. The number of benzene rings is 2. The molecule has 0 N–H and O–H groups in total. The standard InChI is InChI=1S/C16H13BrFNO/c1-16(18)10-12-8-5-9-13(17)14(12)19-15(20-16)11-6-3-2-4-7-11/h2-9H,10H2,1H3/t16-/m1/s1. The molecule has 0 unspecified atom stereocenters. The Morgan fingerprint density at radius 2 is 1.90 bits per heavy atom. The Balaban J connectivity index is 2.17. The third-order valence-electron chi connectivity index (χ3n) is 3.12. The number of aliphatic imine (C=N–C) groups is 1. The van der Waals surface area contributed by atoms with Gasteiger partial charge in [0.05, 0.1) is 5.69 Å². The highest BCUT2D eigenvalue weighted by Gasteiger charge is 2.32. The Hall–Kier alpha value is -1.68. The molecule has 20 heavy (non-hydrogen) atoms.